The summed E-state index contributed by atoms with van der Waals surface area (Å²) in [6.07, 6.45) is 6.85. The molecule has 140 valence electrons. The molecule has 0 aromatic rings. The summed E-state index contributed by atoms with van der Waals surface area (Å²) >= 11 is 0. The highest BCUT2D eigenvalue weighted by atomic mass is 28.4. The number of Topliss-reactive ketones (excluding diaryl/α,β-unsaturated/α-hetero) is 1. The lowest BCUT2D eigenvalue weighted by molar-refractivity contribution is -0.132. The molecule has 2 saturated heterocycles. The Bertz CT molecular complexity index is 626. The molecule has 2 heterocycles. The highest BCUT2D eigenvalue weighted by Gasteiger charge is 2.79. The first-order chi connectivity index (χ1) is 11.6. The van der Waals surface area contributed by atoms with Gasteiger partial charge in [-0.2, -0.15) is 0 Å². The van der Waals surface area contributed by atoms with Crippen LogP contribution in [-0.4, -0.2) is 44.1 Å². The number of carbonyl (C=O) groups excluding carboxylic acids is 1. The number of epoxide rings is 2. The first kappa shape index (κ1) is 16.9. The van der Waals surface area contributed by atoms with Crippen LogP contribution in [0.25, 0.3) is 0 Å². The Labute approximate surface area is 152 Å². The molecule has 2 bridgehead atoms. The average Bonchev–Trinajstić information content (AvgIpc) is 3.38. The molecular weight excluding hydrogens is 332 g/mol. The maximum Gasteiger partial charge on any atom is 0.192 e. The van der Waals surface area contributed by atoms with Crippen LogP contribution in [0.5, 0.6) is 0 Å². The van der Waals surface area contributed by atoms with Gasteiger partial charge < -0.3 is 13.9 Å². The molecule has 2 aliphatic heterocycles. The van der Waals surface area contributed by atoms with Crippen LogP contribution in [0.2, 0.25) is 18.1 Å². The van der Waals surface area contributed by atoms with Gasteiger partial charge in [-0.05, 0) is 56.2 Å². The minimum Gasteiger partial charge on any atom is -0.413 e. The zero-order valence-corrected chi connectivity index (χ0v) is 17.3. The summed E-state index contributed by atoms with van der Waals surface area (Å²) in [7, 11) is -1.88. The minimum absolute atomic E-state index is 0.0000694. The van der Waals surface area contributed by atoms with E-state index in [1.807, 2.05) is 0 Å². The molecule has 3 aliphatic carbocycles. The number of ketones is 1. The standard InChI is InChI=1S/C20H32O4Si/c1-18(2,3)25(4,5)24-16-12-6-9-20-17(23-20)13(21)7-8-19(16,20)11-15-14(10-12)22-15/h12,14-17H,6-11H2,1-5H3/t12?,14?,15?,16?,17-,19?,20-/m0/s1. The fraction of sp³-hybridized carbons (Fsp3) is 0.950. The summed E-state index contributed by atoms with van der Waals surface area (Å²) in [6.45, 7) is 11.7. The van der Waals surface area contributed by atoms with E-state index in [2.05, 4.69) is 33.9 Å². The van der Waals surface area contributed by atoms with Gasteiger partial charge in [0.25, 0.3) is 0 Å². The Morgan fingerprint density at radius 1 is 1.20 bits per heavy atom. The van der Waals surface area contributed by atoms with Crippen molar-refractivity contribution in [1.29, 1.82) is 0 Å². The van der Waals surface area contributed by atoms with E-state index in [1.54, 1.807) is 0 Å². The smallest absolute Gasteiger partial charge is 0.192 e. The monoisotopic (exact) mass is 364 g/mol. The lowest BCUT2D eigenvalue weighted by Gasteiger charge is -2.55. The van der Waals surface area contributed by atoms with E-state index in [1.165, 1.54) is 0 Å². The van der Waals surface area contributed by atoms with Crippen molar-refractivity contribution in [3.8, 4) is 0 Å². The normalized spacial score (nSPS) is 51.1. The molecule has 5 heteroatoms. The van der Waals surface area contributed by atoms with Crippen LogP contribution >= 0.6 is 0 Å². The van der Waals surface area contributed by atoms with Crippen LogP contribution in [0.4, 0.5) is 0 Å². The third-order valence-electron chi connectivity index (χ3n) is 8.52. The van der Waals surface area contributed by atoms with Gasteiger partial charge >= 0.3 is 0 Å². The van der Waals surface area contributed by atoms with Crippen molar-refractivity contribution in [2.75, 3.05) is 0 Å². The van der Waals surface area contributed by atoms with Gasteiger partial charge in [0.15, 0.2) is 14.1 Å². The Kier molecular flexibility index (Phi) is 3.23. The molecule has 0 amide bonds. The van der Waals surface area contributed by atoms with Crippen LogP contribution in [0.15, 0.2) is 0 Å². The first-order valence-electron chi connectivity index (χ1n) is 10.1. The van der Waals surface area contributed by atoms with Crippen molar-refractivity contribution in [2.45, 2.75) is 107 Å². The first-order valence-corrected chi connectivity index (χ1v) is 13.0. The van der Waals surface area contributed by atoms with Crippen molar-refractivity contribution >= 4 is 14.1 Å². The largest absolute Gasteiger partial charge is 0.413 e. The molecule has 5 unspecified atom stereocenters. The molecule has 25 heavy (non-hydrogen) atoms. The zero-order chi connectivity index (χ0) is 17.8. The number of hydrogen-bond donors (Lipinski definition) is 0. The van der Waals surface area contributed by atoms with E-state index in [0.717, 1.165) is 32.1 Å². The van der Waals surface area contributed by atoms with Gasteiger partial charge in [-0.15, -0.1) is 0 Å². The SMILES string of the molecule is CC(C)(C)[Si](C)(C)OC1C2CC[C@]34O[C@H]3C(=O)CCC14CC1OC1C2. The van der Waals surface area contributed by atoms with Gasteiger partial charge in [-0.3, -0.25) is 4.79 Å². The Morgan fingerprint density at radius 2 is 1.96 bits per heavy atom. The maximum absolute atomic E-state index is 12.4. The van der Waals surface area contributed by atoms with Gasteiger partial charge in [0.05, 0.1) is 18.3 Å². The average molecular weight is 365 g/mol. The summed E-state index contributed by atoms with van der Waals surface area (Å²) in [5.41, 5.74) is -0.230. The number of ether oxygens (including phenoxy) is 2. The second-order valence-electron chi connectivity index (χ2n) is 10.8. The molecule has 0 radical (unpaired) electrons. The summed E-state index contributed by atoms with van der Waals surface area (Å²) in [6, 6.07) is 0. The molecule has 7 atom stereocenters. The van der Waals surface area contributed by atoms with Gasteiger partial charge in [-0.25, -0.2) is 0 Å². The predicted octanol–water partition coefficient (Wildman–Crippen LogP) is 3.83. The van der Waals surface area contributed by atoms with Crippen LogP contribution < -0.4 is 0 Å². The topological polar surface area (TPSA) is 51.4 Å². The Balaban J connectivity index is 1.56. The predicted molar refractivity (Wildman–Crippen MR) is 97.0 cm³/mol. The molecular formula is C20H32O4Si. The van der Waals surface area contributed by atoms with Crippen LogP contribution in [-0.2, 0) is 18.7 Å². The lowest BCUT2D eigenvalue weighted by atomic mass is 9.54. The van der Waals surface area contributed by atoms with Gasteiger partial charge in [0.1, 0.15) is 11.7 Å². The van der Waals surface area contributed by atoms with Crippen molar-refractivity contribution in [3.63, 3.8) is 0 Å². The van der Waals surface area contributed by atoms with Crippen molar-refractivity contribution in [3.05, 3.63) is 0 Å². The highest BCUT2D eigenvalue weighted by molar-refractivity contribution is 6.74. The van der Waals surface area contributed by atoms with E-state index < -0.39 is 8.32 Å². The molecule has 4 nitrogen and oxygen atoms in total. The highest BCUT2D eigenvalue weighted by Crippen LogP contribution is 2.70. The summed E-state index contributed by atoms with van der Waals surface area (Å²) in [4.78, 5) is 12.4. The number of fused-ring (bicyclic) bond motifs is 2. The number of carbonyl (C=O) groups is 1. The molecule has 0 aromatic heterocycles. The lowest BCUT2D eigenvalue weighted by Crippen LogP contribution is -2.62. The van der Waals surface area contributed by atoms with Gasteiger partial charge in [0.2, 0.25) is 0 Å². The summed E-state index contributed by atoms with van der Waals surface area (Å²) in [5.74, 6) is 0.892. The van der Waals surface area contributed by atoms with Gasteiger partial charge in [-0.1, -0.05) is 20.8 Å². The van der Waals surface area contributed by atoms with E-state index in [9.17, 15) is 4.79 Å². The molecule has 5 rings (SSSR count). The van der Waals surface area contributed by atoms with E-state index >= 15 is 0 Å². The van der Waals surface area contributed by atoms with E-state index in [0.29, 0.717) is 30.3 Å². The molecule has 3 saturated carbocycles. The quantitative estimate of drug-likeness (QED) is 0.552. The van der Waals surface area contributed by atoms with Crippen LogP contribution in [0, 0.1) is 11.3 Å². The van der Waals surface area contributed by atoms with Crippen molar-refractivity contribution in [1.82, 2.24) is 0 Å². The fourth-order valence-corrected chi connectivity index (χ4v) is 7.36. The molecule has 2 spiro atoms. The molecule has 0 aromatic carbocycles. The maximum atomic E-state index is 12.4. The van der Waals surface area contributed by atoms with Crippen molar-refractivity contribution < 1.29 is 18.7 Å². The van der Waals surface area contributed by atoms with Gasteiger partial charge in [0, 0.05) is 11.8 Å². The van der Waals surface area contributed by atoms with E-state index in [-0.39, 0.29) is 28.3 Å². The third-order valence-corrected chi connectivity index (χ3v) is 13.0. The second kappa shape index (κ2) is 4.78. The molecule has 0 N–H and O–H groups in total. The zero-order valence-electron chi connectivity index (χ0n) is 16.3. The molecule has 5 aliphatic rings. The van der Waals surface area contributed by atoms with Crippen molar-refractivity contribution in [2.24, 2.45) is 11.3 Å². The summed E-state index contributed by atoms with van der Waals surface area (Å²) < 4.78 is 19.4. The Hall–Kier alpha value is -0.233. The fourth-order valence-electron chi connectivity index (χ4n) is 5.95. The van der Waals surface area contributed by atoms with Crippen LogP contribution in [0.3, 0.4) is 0 Å². The second-order valence-corrected chi connectivity index (χ2v) is 15.5. The van der Waals surface area contributed by atoms with E-state index in [4.69, 9.17) is 13.9 Å². The number of hydrogen-bond acceptors (Lipinski definition) is 4. The third kappa shape index (κ3) is 2.13. The number of rotatable bonds is 2. The van der Waals surface area contributed by atoms with Crippen LogP contribution in [0.1, 0.15) is 59.3 Å². The molecule has 5 fully saturated rings. The summed E-state index contributed by atoms with van der Waals surface area (Å²) in [5, 5.41) is 0.200. The Morgan fingerprint density at radius 3 is 2.68 bits per heavy atom. The minimum atomic E-state index is -1.88.